The summed E-state index contributed by atoms with van der Waals surface area (Å²) in [5.74, 6) is 0.254. The van der Waals surface area contributed by atoms with Crippen molar-refractivity contribution in [2.75, 3.05) is 44.7 Å². The highest BCUT2D eigenvalue weighted by molar-refractivity contribution is 9.10. The molecule has 0 aliphatic carbocycles. The maximum Gasteiger partial charge on any atom is 0.257 e. The van der Waals surface area contributed by atoms with Crippen LogP contribution >= 0.6 is 15.9 Å². The molecule has 1 aliphatic heterocycles. The predicted octanol–water partition coefficient (Wildman–Crippen LogP) is 4.28. The number of rotatable bonds is 5. The summed E-state index contributed by atoms with van der Waals surface area (Å²) in [7, 11) is 0. The third-order valence-corrected chi connectivity index (χ3v) is 5.62. The summed E-state index contributed by atoms with van der Waals surface area (Å²) in [4.78, 5) is 19.8. The van der Waals surface area contributed by atoms with Gasteiger partial charge < -0.3 is 10.1 Å². The topological polar surface area (TPSA) is 66.0 Å². The largest absolute Gasteiger partial charge is 0.379 e. The molecule has 1 saturated heterocycles. The maximum absolute atomic E-state index is 12.9. The zero-order valence-electron chi connectivity index (χ0n) is 18.5. The van der Waals surface area contributed by atoms with Gasteiger partial charge in [0.2, 0.25) is 5.96 Å². The fourth-order valence-corrected chi connectivity index (χ4v) is 3.64. The van der Waals surface area contributed by atoms with Crippen LogP contribution in [0.1, 0.15) is 36.7 Å². The highest BCUT2D eigenvalue weighted by Gasteiger charge is 2.15. The normalized spacial score (nSPS) is 15.5. The number of nitrogens with zero attached hydrogens (tertiary/aromatic N) is 2. The molecule has 2 aromatic carbocycles. The number of benzene rings is 2. The van der Waals surface area contributed by atoms with Gasteiger partial charge in [-0.3, -0.25) is 20.0 Å². The molecule has 3 rings (SSSR count). The van der Waals surface area contributed by atoms with Crippen molar-refractivity contribution in [2.24, 2.45) is 4.99 Å². The Labute approximate surface area is 193 Å². The number of morpholine rings is 1. The SMILES string of the molecule is CC(C)(C)c1ccc(C(=O)NC(=NCCN2CCOCC2)Nc2cccc(Br)c2)cc1. The second kappa shape index (κ2) is 10.9. The number of carbonyl (C=O) groups excluding carboxylic acids is 1. The molecular weight excluding hydrogens is 456 g/mol. The summed E-state index contributed by atoms with van der Waals surface area (Å²) in [6, 6.07) is 15.5. The zero-order chi connectivity index (χ0) is 22.3. The Kier molecular flexibility index (Phi) is 8.23. The van der Waals surface area contributed by atoms with Gasteiger partial charge in [-0.1, -0.05) is 54.9 Å². The molecule has 1 heterocycles. The fourth-order valence-electron chi connectivity index (χ4n) is 3.24. The number of nitrogens with one attached hydrogen (secondary N) is 2. The highest BCUT2D eigenvalue weighted by atomic mass is 79.9. The Morgan fingerprint density at radius 1 is 1.13 bits per heavy atom. The minimum atomic E-state index is -0.187. The van der Waals surface area contributed by atoms with E-state index in [9.17, 15) is 4.79 Å². The summed E-state index contributed by atoms with van der Waals surface area (Å²) < 4.78 is 6.35. The lowest BCUT2D eigenvalue weighted by Gasteiger charge is -2.25. The van der Waals surface area contributed by atoms with Crippen molar-refractivity contribution < 1.29 is 9.53 Å². The number of halogens is 1. The molecule has 1 amide bonds. The first-order chi connectivity index (χ1) is 14.8. The third-order valence-electron chi connectivity index (χ3n) is 5.12. The van der Waals surface area contributed by atoms with E-state index in [0.717, 1.165) is 43.0 Å². The number of anilines is 1. The zero-order valence-corrected chi connectivity index (χ0v) is 20.0. The molecule has 2 aromatic rings. The van der Waals surface area contributed by atoms with Gasteiger partial charge in [0.05, 0.1) is 19.8 Å². The van der Waals surface area contributed by atoms with Gasteiger partial charge in [-0.05, 0) is 41.3 Å². The predicted molar refractivity (Wildman–Crippen MR) is 130 cm³/mol. The molecule has 166 valence electrons. The Bertz CT molecular complexity index is 901. The van der Waals surface area contributed by atoms with Crippen molar-refractivity contribution in [3.8, 4) is 0 Å². The van der Waals surface area contributed by atoms with Crippen LogP contribution in [0.25, 0.3) is 0 Å². The lowest BCUT2D eigenvalue weighted by atomic mass is 9.87. The first kappa shape index (κ1) is 23.4. The van der Waals surface area contributed by atoms with Crippen LogP contribution in [-0.2, 0) is 10.2 Å². The Hall–Kier alpha value is -2.22. The molecule has 0 saturated carbocycles. The smallest absolute Gasteiger partial charge is 0.257 e. The first-order valence-electron chi connectivity index (χ1n) is 10.6. The number of guanidine groups is 1. The Morgan fingerprint density at radius 2 is 1.84 bits per heavy atom. The van der Waals surface area contributed by atoms with E-state index in [4.69, 9.17) is 4.74 Å². The monoisotopic (exact) mass is 486 g/mol. The van der Waals surface area contributed by atoms with E-state index in [1.165, 1.54) is 5.56 Å². The number of hydrogen-bond donors (Lipinski definition) is 2. The quantitative estimate of drug-likeness (QED) is 0.488. The lowest BCUT2D eigenvalue weighted by molar-refractivity contribution is 0.0394. The van der Waals surface area contributed by atoms with E-state index >= 15 is 0 Å². The molecule has 0 atom stereocenters. The van der Waals surface area contributed by atoms with Gasteiger partial charge >= 0.3 is 0 Å². The molecule has 7 heteroatoms. The van der Waals surface area contributed by atoms with Crippen LogP contribution in [0, 0.1) is 0 Å². The second-order valence-corrected chi connectivity index (χ2v) is 9.52. The molecule has 31 heavy (non-hydrogen) atoms. The van der Waals surface area contributed by atoms with Gasteiger partial charge in [-0.2, -0.15) is 0 Å². The number of carbonyl (C=O) groups is 1. The molecular formula is C24H31BrN4O2. The summed E-state index contributed by atoms with van der Waals surface area (Å²) in [5.41, 5.74) is 2.69. The van der Waals surface area contributed by atoms with Crippen LogP contribution < -0.4 is 10.6 Å². The van der Waals surface area contributed by atoms with Gasteiger partial charge in [0.25, 0.3) is 5.91 Å². The standard InChI is InChI=1S/C24H31BrN4O2/c1-24(2,3)19-9-7-18(8-10-19)22(30)28-23(27-21-6-4-5-20(25)17-21)26-11-12-29-13-15-31-16-14-29/h4-10,17H,11-16H2,1-3H3,(H2,26,27,28,30). The van der Waals surface area contributed by atoms with Crippen LogP contribution in [0.5, 0.6) is 0 Å². The van der Waals surface area contributed by atoms with Crippen molar-refractivity contribution in [3.63, 3.8) is 0 Å². The molecule has 0 bridgehead atoms. The van der Waals surface area contributed by atoms with E-state index in [2.05, 4.69) is 57.2 Å². The van der Waals surface area contributed by atoms with Crippen molar-refractivity contribution in [3.05, 3.63) is 64.1 Å². The van der Waals surface area contributed by atoms with E-state index in [1.807, 2.05) is 48.5 Å². The van der Waals surface area contributed by atoms with E-state index in [1.54, 1.807) is 0 Å². The van der Waals surface area contributed by atoms with E-state index < -0.39 is 0 Å². The molecule has 2 N–H and O–H groups in total. The summed E-state index contributed by atoms with van der Waals surface area (Å²) in [6.07, 6.45) is 0. The van der Waals surface area contributed by atoms with Crippen molar-refractivity contribution in [1.29, 1.82) is 0 Å². The van der Waals surface area contributed by atoms with Gasteiger partial charge in [0.1, 0.15) is 0 Å². The summed E-state index contributed by atoms with van der Waals surface area (Å²) >= 11 is 3.48. The van der Waals surface area contributed by atoms with Gasteiger partial charge in [0.15, 0.2) is 0 Å². The van der Waals surface area contributed by atoms with E-state index in [-0.39, 0.29) is 11.3 Å². The van der Waals surface area contributed by atoms with E-state index in [0.29, 0.717) is 18.1 Å². The molecule has 0 radical (unpaired) electrons. The van der Waals surface area contributed by atoms with Crippen molar-refractivity contribution in [1.82, 2.24) is 10.2 Å². The Balaban J connectivity index is 1.69. The van der Waals surface area contributed by atoms with Gasteiger partial charge in [-0.15, -0.1) is 0 Å². The number of amides is 1. The van der Waals surface area contributed by atoms with Gasteiger partial charge in [-0.25, -0.2) is 0 Å². The Morgan fingerprint density at radius 3 is 2.48 bits per heavy atom. The van der Waals surface area contributed by atoms with Crippen LogP contribution in [0.4, 0.5) is 5.69 Å². The third kappa shape index (κ3) is 7.45. The second-order valence-electron chi connectivity index (χ2n) is 8.60. The fraction of sp³-hybridized carbons (Fsp3) is 0.417. The van der Waals surface area contributed by atoms with Crippen LogP contribution in [0.15, 0.2) is 58.0 Å². The summed E-state index contributed by atoms with van der Waals surface area (Å²) in [5, 5.41) is 6.18. The summed E-state index contributed by atoms with van der Waals surface area (Å²) in [6.45, 7) is 11.2. The number of aliphatic imine (C=N–C) groups is 1. The minimum Gasteiger partial charge on any atom is -0.379 e. The average molecular weight is 487 g/mol. The maximum atomic E-state index is 12.9. The van der Waals surface area contributed by atoms with Gasteiger partial charge in [0, 0.05) is 35.4 Å². The highest BCUT2D eigenvalue weighted by Crippen LogP contribution is 2.22. The molecule has 0 spiro atoms. The molecule has 6 nitrogen and oxygen atoms in total. The first-order valence-corrected chi connectivity index (χ1v) is 11.4. The molecule has 1 fully saturated rings. The number of hydrogen-bond acceptors (Lipinski definition) is 4. The van der Waals surface area contributed by atoms with Crippen molar-refractivity contribution in [2.45, 2.75) is 26.2 Å². The van der Waals surface area contributed by atoms with Crippen LogP contribution in [-0.4, -0.2) is 56.2 Å². The number of ether oxygens (including phenoxy) is 1. The average Bonchev–Trinajstić information content (AvgIpc) is 2.74. The minimum absolute atomic E-state index is 0.0450. The lowest BCUT2D eigenvalue weighted by Crippen LogP contribution is -2.39. The van der Waals surface area contributed by atoms with Crippen molar-refractivity contribution >= 4 is 33.5 Å². The molecule has 0 aromatic heterocycles. The van der Waals surface area contributed by atoms with Crippen LogP contribution in [0.2, 0.25) is 0 Å². The molecule has 1 aliphatic rings. The molecule has 0 unspecified atom stereocenters. The van der Waals surface area contributed by atoms with Crippen LogP contribution in [0.3, 0.4) is 0 Å².